The summed E-state index contributed by atoms with van der Waals surface area (Å²) in [7, 11) is 1.45. The maximum atomic E-state index is 12.2. The fourth-order valence-electron chi connectivity index (χ4n) is 2.39. The smallest absolute Gasteiger partial charge is 0.291 e. The highest BCUT2D eigenvalue weighted by Gasteiger charge is 2.10. The minimum absolute atomic E-state index is 0.00471. The number of carbonyl (C=O) groups is 1. The van der Waals surface area contributed by atoms with Crippen LogP contribution in [0.3, 0.4) is 0 Å². The largest absolute Gasteiger partial charge is 0.503 e. The summed E-state index contributed by atoms with van der Waals surface area (Å²) in [5.74, 6) is -0.145. The zero-order valence-corrected chi connectivity index (χ0v) is 17.1. The van der Waals surface area contributed by atoms with Crippen LogP contribution in [0.15, 0.2) is 58.2 Å². The van der Waals surface area contributed by atoms with Crippen LogP contribution < -0.4 is 10.2 Å². The number of methoxy groups -OCH3 is 1. The molecule has 2 aromatic carbocycles. The Bertz CT molecular complexity index is 1020. The molecule has 0 saturated heterocycles. The fourth-order valence-corrected chi connectivity index (χ4v) is 2.98. The lowest BCUT2D eigenvalue weighted by atomic mass is 10.2. The summed E-state index contributed by atoms with van der Waals surface area (Å²) in [6.07, 6.45) is 3.16. The van der Waals surface area contributed by atoms with Crippen molar-refractivity contribution in [2.75, 3.05) is 7.11 Å². The number of nitrogens with one attached hydrogen (secondary N) is 1. The molecule has 28 heavy (non-hydrogen) atoms. The number of hydrogen-bond donors (Lipinski definition) is 2. The molecule has 3 rings (SSSR count). The van der Waals surface area contributed by atoms with Crippen LogP contribution in [-0.2, 0) is 6.54 Å². The summed E-state index contributed by atoms with van der Waals surface area (Å²) in [5, 5.41) is 18.6. The van der Waals surface area contributed by atoms with Gasteiger partial charge in [0.15, 0.2) is 17.2 Å². The third kappa shape index (κ3) is 4.90. The second-order valence-electron chi connectivity index (χ2n) is 5.78. The normalized spacial score (nSPS) is 11.0. The maximum Gasteiger partial charge on any atom is 0.291 e. The number of hydrogen-bond acceptors (Lipinski definition) is 5. The molecule has 0 unspecified atom stereocenters. The van der Waals surface area contributed by atoms with Crippen LogP contribution in [0.25, 0.3) is 0 Å². The Hall–Kier alpha value is -2.84. The van der Waals surface area contributed by atoms with Crippen LogP contribution in [0.5, 0.6) is 11.5 Å². The molecule has 1 heterocycles. The molecule has 0 saturated carbocycles. The first-order valence-corrected chi connectivity index (χ1v) is 9.31. The van der Waals surface area contributed by atoms with Crippen LogP contribution in [-0.4, -0.2) is 34.1 Å². The average molecular weight is 464 g/mol. The second kappa shape index (κ2) is 8.90. The molecular formula is C19H16BrClN4O3. The van der Waals surface area contributed by atoms with Gasteiger partial charge in [0.25, 0.3) is 5.91 Å². The summed E-state index contributed by atoms with van der Waals surface area (Å²) in [5.41, 5.74) is 4.32. The fraction of sp³-hybridized carbons (Fsp3) is 0.105. The molecule has 0 aliphatic carbocycles. The lowest BCUT2D eigenvalue weighted by molar-refractivity contribution is 0.0949. The predicted octanol–water partition coefficient (Wildman–Crippen LogP) is 3.83. The zero-order chi connectivity index (χ0) is 20.1. The van der Waals surface area contributed by atoms with E-state index in [0.29, 0.717) is 27.4 Å². The van der Waals surface area contributed by atoms with Crippen molar-refractivity contribution in [1.82, 2.24) is 15.2 Å². The van der Waals surface area contributed by atoms with E-state index in [0.717, 1.165) is 5.56 Å². The van der Waals surface area contributed by atoms with Crippen LogP contribution in [0.1, 0.15) is 21.6 Å². The van der Waals surface area contributed by atoms with Gasteiger partial charge in [-0.3, -0.25) is 9.48 Å². The molecule has 0 spiro atoms. The van der Waals surface area contributed by atoms with Crippen LogP contribution in [0, 0.1) is 0 Å². The number of amides is 1. The molecule has 3 aromatic rings. The van der Waals surface area contributed by atoms with Crippen molar-refractivity contribution in [2.24, 2.45) is 5.10 Å². The quantitative estimate of drug-likeness (QED) is 0.430. The Morgan fingerprint density at radius 3 is 2.82 bits per heavy atom. The molecule has 0 aliphatic heterocycles. The Kier molecular flexibility index (Phi) is 6.33. The molecule has 2 N–H and O–H groups in total. The summed E-state index contributed by atoms with van der Waals surface area (Å²) in [6.45, 7) is 0.523. The van der Waals surface area contributed by atoms with Crippen molar-refractivity contribution in [3.63, 3.8) is 0 Å². The van der Waals surface area contributed by atoms with E-state index in [1.165, 1.54) is 13.3 Å². The maximum absolute atomic E-state index is 12.2. The Morgan fingerprint density at radius 1 is 1.36 bits per heavy atom. The van der Waals surface area contributed by atoms with Crippen molar-refractivity contribution < 1.29 is 14.6 Å². The van der Waals surface area contributed by atoms with Gasteiger partial charge in [-0.1, -0.05) is 23.7 Å². The van der Waals surface area contributed by atoms with E-state index >= 15 is 0 Å². The van der Waals surface area contributed by atoms with Crippen molar-refractivity contribution in [3.8, 4) is 11.5 Å². The van der Waals surface area contributed by atoms with Gasteiger partial charge in [-0.25, -0.2) is 5.43 Å². The van der Waals surface area contributed by atoms with Crippen LogP contribution >= 0.6 is 27.5 Å². The molecular weight excluding hydrogens is 448 g/mol. The van der Waals surface area contributed by atoms with E-state index in [-0.39, 0.29) is 11.4 Å². The molecule has 7 nitrogen and oxygen atoms in total. The van der Waals surface area contributed by atoms with E-state index in [1.54, 1.807) is 41.2 Å². The van der Waals surface area contributed by atoms with Crippen molar-refractivity contribution in [1.29, 1.82) is 0 Å². The van der Waals surface area contributed by atoms with E-state index in [9.17, 15) is 9.90 Å². The SMILES string of the molecule is COc1cc(/C=N\NC(=O)c2ccn(Cc3ccc(Cl)cc3)n2)cc(Br)c1O. The topological polar surface area (TPSA) is 88.7 Å². The van der Waals surface area contributed by atoms with Gasteiger partial charge < -0.3 is 9.84 Å². The van der Waals surface area contributed by atoms with Crippen molar-refractivity contribution >= 4 is 39.7 Å². The number of aromatic hydroxyl groups is 1. The number of rotatable bonds is 6. The predicted molar refractivity (Wildman–Crippen MR) is 110 cm³/mol. The number of halogens is 2. The lowest BCUT2D eigenvalue weighted by Crippen LogP contribution is -2.18. The van der Waals surface area contributed by atoms with Gasteiger partial charge in [-0.05, 0) is 57.4 Å². The van der Waals surface area contributed by atoms with Crippen LogP contribution in [0.2, 0.25) is 5.02 Å². The van der Waals surface area contributed by atoms with Crippen molar-refractivity contribution in [2.45, 2.75) is 6.54 Å². The summed E-state index contributed by atoms with van der Waals surface area (Å²) in [4.78, 5) is 12.2. The van der Waals surface area contributed by atoms with E-state index in [1.807, 2.05) is 12.1 Å². The molecule has 0 aliphatic rings. The highest BCUT2D eigenvalue weighted by molar-refractivity contribution is 9.10. The third-order valence-corrected chi connectivity index (χ3v) is 4.64. The molecule has 0 radical (unpaired) electrons. The number of carbonyl (C=O) groups excluding carboxylic acids is 1. The molecule has 1 amide bonds. The first-order valence-electron chi connectivity index (χ1n) is 8.14. The van der Waals surface area contributed by atoms with Gasteiger partial charge in [0, 0.05) is 11.2 Å². The number of ether oxygens (including phenoxy) is 1. The molecule has 1 aromatic heterocycles. The number of phenols is 1. The Labute approximate surface area is 174 Å². The van der Waals surface area contributed by atoms with Gasteiger partial charge in [0.2, 0.25) is 0 Å². The standard InChI is InChI=1S/C19H16BrClN4O3/c1-28-17-9-13(8-15(20)18(17)26)10-22-23-19(27)16-6-7-25(24-16)11-12-2-4-14(21)5-3-12/h2-10,26H,11H2,1H3,(H,23,27)/b22-10-. The molecule has 9 heteroatoms. The first-order chi connectivity index (χ1) is 13.5. The zero-order valence-electron chi connectivity index (χ0n) is 14.8. The van der Waals surface area contributed by atoms with Crippen molar-refractivity contribution in [3.05, 3.63) is 75.0 Å². The minimum atomic E-state index is -0.434. The van der Waals surface area contributed by atoms with E-state index in [2.05, 4.69) is 31.6 Å². The number of benzene rings is 2. The average Bonchev–Trinajstić information content (AvgIpc) is 3.15. The molecule has 144 valence electrons. The number of nitrogens with zero attached hydrogens (tertiary/aromatic N) is 3. The Balaban J connectivity index is 1.62. The summed E-state index contributed by atoms with van der Waals surface area (Å²) < 4.78 is 7.19. The van der Waals surface area contributed by atoms with Gasteiger partial charge in [0.05, 0.1) is 24.3 Å². The minimum Gasteiger partial charge on any atom is -0.503 e. The monoisotopic (exact) mass is 462 g/mol. The summed E-state index contributed by atoms with van der Waals surface area (Å²) in [6, 6.07) is 12.3. The first kappa shape index (κ1) is 19.9. The Morgan fingerprint density at radius 2 is 2.11 bits per heavy atom. The lowest BCUT2D eigenvalue weighted by Gasteiger charge is -2.06. The van der Waals surface area contributed by atoms with Gasteiger partial charge >= 0.3 is 0 Å². The highest BCUT2D eigenvalue weighted by atomic mass is 79.9. The number of hydrazone groups is 1. The number of phenolic OH excluding ortho intramolecular Hbond substituents is 1. The molecule has 0 fully saturated rings. The second-order valence-corrected chi connectivity index (χ2v) is 7.07. The van der Waals surface area contributed by atoms with Gasteiger partial charge in [-0.2, -0.15) is 10.2 Å². The third-order valence-electron chi connectivity index (χ3n) is 3.78. The molecule has 0 bridgehead atoms. The van der Waals surface area contributed by atoms with E-state index in [4.69, 9.17) is 16.3 Å². The molecule has 0 atom stereocenters. The highest BCUT2D eigenvalue weighted by Crippen LogP contribution is 2.34. The van der Waals surface area contributed by atoms with Gasteiger partial charge in [-0.15, -0.1) is 0 Å². The summed E-state index contributed by atoms with van der Waals surface area (Å²) >= 11 is 9.11. The number of aromatic nitrogens is 2. The van der Waals surface area contributed by atoms with Gasteiger partial charge in [0.1, 0.15) is 0 Å². The van der Waals surface area contributed by atoms with E-state index < -0.39 is 5.91 Å². The van der Waals surface area contributed by atoms with Crippen LogP contribution in [0.4, 0.5) is 0 Å².